The van der Waals surface area contributed by atoms with Crippen LogP contribution in [0.1, 0.15) is 16.8 Å². The summed E-state index contributed by atoms with van der Waals surface area (Å²) in [6.45, 7) is 3.34. The molecule has 1 aromatic heterocycles. The largest absolute Gasteiger partial charge is 0.396 e. The number of carbonyl (C=O) groups excluding carboxylic acids is 1. The fourth-order valence-corrected chi connectivity index (χ4v) is 3.41. The third kappa shape index (κ3) is 4.61. The lowest BCUT2D eigenvalue weighted by Crippen LogP contribution is -2.36. The number of carbonyl (C=O) groups is 1. The predicted molar refractivity (Wildman–Crippen MR) is 119 cm³/mol. The van der Waals surface area contributed by atoms with Gasteiger partial charge in [0.15, 0.2) is 0 Å². The number of anilines is 1. The van der Waals surface area contributed by atoms with Crippen molar-refractivity contribution in [2.45, 2.75) is 26.8 Å². The summed E-state index contributed by atoms with van der Waals surface area (Å²) in [6, 6.07) is 14.5. The van der Waals surface area contributed by atoms with Crippen molar-refractivity contribution in [2.75, 3.05) is 18.6 Å². The summed E-state index contributed by atoms with van der Waals surface area (Å²) in [5.74, 6) is 0.139. The molecule has 0 aliphatic carbocycles. The molecule has 1 heterocycles. The summed E-state index contributed by atoms with van der Waals surface area (Å²) in [5.41, 5.74) is 3.08. The summed E-state index contributed by atoms with van der Waals surface area (Å²) in [6.07, 6.45) is 0.181. The number of aliphatic hydroxyl groups excluding tert-OH is 1. The summed E-state index contributed by atoms with van der Waals surface area (Å²) >= 11 is 6.00. The maximum Gasteiger partial charge on any atom is 0.257 e. The second-order valence-corrected chi connectivity index (χ2v) is 7.60. The first-order valence-corrected chi connectivity index (χ1v) is 10.00. The van der Waals surface area contributed by atoms with Crippen LogP contribution in [0.25, 0.3) is 11.4 Å². The Kier molecular flexibility index (Phi) is 6.70. The number of likely N-dealkylation sites (N-methyl/N-ethyl adjacent to an activating group) is 1. The number of aromatic nitrogens is 2. The maximum atomic E-state index is 13.2. The first kappa shape index (κ1) is 21.7. The van der Waals surface area contributed by atoms with Gasteiger partial charge in [0, 0.05) is 47.6 Å². The zero-order valence-corrected chi connectivity index (χ0v) is 18.0. The SMILES string of the molecule is Cc1cccc(N(C)C(=O)Cn2c(-c3ccc(Cl)cc3)nc(C)c(CCO)c2=O)c1. The van der Waals surface area contributed by atoms with E-state index in [9.17, 15) is 14.7 Å². The first-order valence-electron chi connectivity index (χ1n) is 9.62. The smallest absolute Gasteiger partial charge is 0.257 e. The van der Waals surface area contributed by atoms with Crippen molar-refractivity contribution in [2.24, 2.45) is 0 Å². The first-order chi connectivity index (χ1) is 14.3. The Morgan fingerprint density at radius 2 is 1.87 bits per heavy atom. The number of benzene rings is 2. The van der Waals surface area contributed by atoms with Gasteiger partial charge in [0.05, 0.1) is 0 Å². The average Bonchev–Trinajstić information content (AvgIpc) is 2.73. The van der Waals surface area contributed by atoms with Crippen LogP contribution in [0.3, 0.4) is 0 Å². The van der Waals surface area contributed by atoms with Crippen LogP contribution in [0, 0.1) is 13.8 Å². The van der Waals surface area contributed by atoms with Crippen LogP contribution in [0.2, 0.25) is 5.02 Å². The van der Waals surface area contributed by atoms with E-state index in [-0.39, 0.29) is 31.0 Å². The van der Waals surface area contributed by atoms with E-state index in [1.807, 2.05) is 31.2 Å². The normalized spacial score (nSPS) is 10.8. The quantitative estimate of drug-likeness (QED) is 0.657. The molecule has 0 unspecified atom stereocenters. The Labute approximate surface area is 180 Å². The number of halogens is 1. The maximum absolute atomic E-state index is 13.2. The number of rotatable bonds is 6. The number of amides is 1. The van der Waals surface area contributed by atoms with Crippen molar-refractivity contribution < 1.29 is 9.90 Å². The molecule has 0 bridgehead atoms. The second-order valence-electron chi connectivity index (χ2n) is 7.16. The minimum atomic E-state index is -0.326. The minimum absolute atomic E-state index is 0.171. The van der Waals surface area contributed by atoms with E-state index in [0.29, 0.717) is 27.7 Å². The zero-order valence-electron chi connectivity index (χ0n) is 17.2. The lowest BCUT2D eigenvalue weighted by Gasteiger charge is -2.21. The van der Waals surface area contributed by atoms with E-state index in [4.69, 9.17) is 11.6 Å². The topological polar surface area (TPSA) is 75.4 Å². The van der Waals surface area contributed by atoms with Gasteiger partial charge >= 0.3 is 0 Å². The monoisotopic (exact) mass is 425 g/mol. The number of hydrogen-bond donors (Lipinski definition) is 1. The van der Waals surface area contributed by atoms with Gasteiger partial charge < -0.3 is 10.0 Å². The van der Waals surface area contributed by atoms with Crippen molar-refractivity contribution in [3.8, 4) is 11.4 Å². The van der Waals surface area contributed by atoms with Crippen LogP contribution in [0.15, 0.2) is 53.3 Å². The molecule has 1 N–H and O–H groups in total. The van der Waals surface area contributed by atoms with Gasteiger partial charge in [0.2, 0.25) is 5.91 Å². The molecule has 2 aromatic carbocycles. The molecule has 30 heavy (non-hydrogen) atoms. The molecule has 0 saturated carbocycles. The van der Waals surface area contributed by atoms with E-state index in [2.05, 4.69) is 4.98 Å². The van der Waals surface area contributed by atoms with Crippen LogP contribution in [-0.2, 0) is 17.8 Å². The molecule has 1 amide bonds. The van der Waals surface area contributed by atoms with Gasteiger partial charge in [-0.15, -0.1) is 0 Å². The number of aryl methyl sites for hydroxylation is 2. The standard InChI is InChI=1S/C23H24ClN3O3/c1-15-5-4-6-19(13-15)26(3)21(29)14-27-22(17-7-9-18(24)10-8-17)25-16(2)20(11-12-28)23(27)30/h4-10,13,28H,11-12,14H2,1-3H3. The molecule has 0 aliphatic heterocycles. The summed E-state index contributed by atoms with van der Waals surface area (Å²) in [4.78, 5) is 32.4. The molecule has 7 heteroatoms. The van der Waals surface area contributed by atoms with Crippen LogP contribution >= 0.6 is 11.6 Å². The van der Waals surface area contributed by atoms with Gasteiger partial charge in [-0.25, -0.2) is 4.98 Å². The lowest BCUT2D eigenvalue weighted by molar-refractivity contribution is -0.118. The highest BCUT2D eigenvalue weighted by atomic mass is 35.5. The van der Waals surface area contributed by atoms with E-state index >= 15 is 0 Å². The van der Waals surface area contributed by atoms with Crippen LogP contribution in [0.4, 0.5) is 5.69 Å². The Morgan fingerprint density at radius 1 is 1.17 bits per heavy atom. The van der Waals surface area contributed by atoms with E-state index in [1.54, 1.807) is 38.2 Å². The molecule has 3 aromatic rings. The van der Waals surface area contributed by atoms with Gasteiger partial charge in [-0.05, 0) is 55.8 Å². The van der Waals surface area contributed by atoms with Crippen molar-refractivity contribution >= 4 is 23.2 Å². The van der Waals surface area contributed by atoms with E-state index < -0.39 is 0 Å². The molecule has 0 radical (unpaired) electrons. The highest BCUT2D eigenvalue weighted by Crippen LogP contribution is 2.21. The number of aliphatic hydroxyl groups is 1. The summed E-state index contributed by atoms with van der Waals surface area (Å²) < 4.78 is 1.37. The molecule has 0 aliphatic rings. The van der Waals surface area contributed by atoms with Crippen molar-refractivity contribution in [1.82, 2.24) is 9.55 Å². The fraction of sp³-hybridized carbons (Fsp3) is 0.261. The molecule has 0 atom stereocenters. The zero-order chi connectivity index (χ0) is 21.8. The second kappa shape index (κ2) is 9.24. The van der Waals surface area contributed by atoms with E-state index in [1.165, 1.54) is 9.47 Å². The molecule has 0 fully saturated rings. The lowest BCUT2D eigenvalue weighted by atomic mass is 10.1. The van der Waals surface area contributed by atoms with Gasteiger partial charge in [0.1, 0.15) is 12.4 Å². The van der Waals surface area contributed by atoms with Crippen LogP contribution in [-0.4, -0.2) is 34.2 Å². The Balaban J connectivity index is 2.07. The average molecular weight is 426 g/mol. The molecule has 0 spiro atoms. The van der Waals surface area contributed by atoms with Crippen molar-refractivity contribution in [1.29, 1.82) is 0 Å². The van der Waals surface area contributed by atoms with Crippen molar-refractivity contribution in [3.63, 3.8) is 0 Å². The molecule has 6 nitrogen and oxygen atoms in total. The fourth-order valence-electron chi connectivity index (χ4n) is 3.29. The molecule has 156 valence electrons. The third-order valence-electron chi connectivity index (χ3n) is 4.99. The van der Waals surface area contributed by atoms with Gasteiger partial charge in [0.25, 0.3) is 5.56 Å². The van der Waals surface area contributed by atoms with Crippen LogP contribution in [0.5, 0.6) is 0 Å². The molecular weight excluding hydrogens is 402 g/mol. The predicted octanol–water partition coefficient (Wildman–Crippen LogP) is 3.38. The third-order valence-corrected chi connectivity index (χ3v) is 5.24. The van der Waals surface area contributed by atoms with Crippen molar-refractivity contribution in [3.05, 3.63) is 80.7 Å². The minimum Gasteiger partial charge on any atom is -0.396 e. The van der Waals surface area contributed by atoms with Gasteiger partial charge in [-0.1, -0.05) is 23.7 Å². The summed E-state index contributed by atoms with van der Waals surface area (Å²) in [7, 11) is 1.68. The number of nitrogens with zero attached hydrogens (tertiary/aromatic N) is 3. The van der Waals surface area contributed by atoms with Crippen LogP contribution < -0.4 is 10.5 Å². The van der Waals surface area contributed by atoms with Gasteiger partial charge in [-0.2, -0.15) is 0 Å². The Bertz CT molecular complexity index is 1120. The Hall–Kier alpha value is -2.96. The number of hydrogen-bond acceptors (Lipinski definition) is 4. The highest BCUT2D eigenvalue weighted by Gasteiger charge is 2.20. The van der Waals surface area contributed by atoms with E-state index in [0.717, 1.165) is 11.3 Å². The summed E-state index contributed by atoms with van der Waals surface area (Å²) in [5, 5.41) is 9.92. The van der Waals surface area contributed by atoms with Gasteiger partial charge in [-0.3, -0.25) is 14.2 Å². The highest BCUT2D eigenvalue weighted by molar-refractivity contribution is 6.30. The molecule has 3 rings (SSSR count). The molecule has 0 saturated heterocycles. The Morgan fingerprint density at radius 3 is 2.50 bits per heavy atom. The molecular formula is C23H24ClN3O3.